The standard InChI is InChI=1S/C24H36N2O6/c1-4-7-13-25(12-5-2)22(29)20-24-11-10-17(32-24)18(23(30)31-16-6-3)19(24)21(28)26(20)14-8-9-15-27/h5-6,17-20,27H,2-4,7-16H2,1H3/t17-,18+,19+,20?,24?/m1/s1. The number of likely N-dealkylation sites (tertiary alicyclic amines) is 1. The van der Waals surface area contributed by atoms with Crippen molar-refractivity contribution in [2.24, 2.45) is 11.8 Å². The number of hydrogen-bond donors (Lipinski definition) is 1. The Morgan fingerprint density at radius 3 is 2.75 bits per heavy atom. The lowest BCUT2D eigenvalue weighted by Gasteiger charge is -2.36. The molecule has 3 heterocycles. The summed E-state index contributed by atoms with van der Waals surface area (Å²) in [6.07, 6.45) is 6.83. The fourth-order valence-corrected chi connectivity index (χ4v) is 5.54. The number of nitrogens with zero attached hydrogens (tertiary/aromatic N) is 2. The summed E-state index contributed by atoms with van der Waals surface area (Å²) < 4.78 is 11.7. The third kappa shape index (κ3) is 4.22. The minimum atomic E-state index is -1.01. The molecule has 3 rings (SSSR count). The van der Waals surface area contributed by atoms with Gasteiger partial charge in [0, 0.05) is 26.2 Å². The fraction of sp³-hybridized carbons (Fsp3) is 0.708. The minimum Gasteiger partial charge on any atom is -0.461 e. The summed E-state index contributed by atoms with van der Waals surface area (Å²) in [6, 6.07) is -0.780. The molecule has 0 aliphatic carbocycles. The van der Waals surface area contributed by atoms with E-state index >= 15 is 0 Å². The third-order valence-corrected chi connectivity index (χ3v) is 6.90. The SMILES string of the molecule is C=CCOC(=O)[C@@H]1[C@H]2C(=O)N(CCCCO)C(C(=O)N(CC=C)CCCC)C23CC[C@H]1O3. The number of carbonyl (C=O) groups is 3. The van der Waals surface area contributed by atoms with Crippen LogP contribution in [0.25, 0.3) is 0 Å². The maximum absolute atomic E-state index is 13.8. The number of hydrogen-bond acceptors (Lipinski definition) is 6. The molecule has 0 radical (unpaired) electrons. The maximum Gasteiger partial charge on any atom is 0.312 e. The number of aliphatic hydroxyl groups excluding tert-OH is 1. The number of rotatable bonds is 13. The summed E-state index contributed by atoms with van der Waals surface area (Å²) in [5, 5.41) is 9.21. The molecular weight excluding hydrogens is 412 g/mol. The molecule has 3 saturated heterocycles. The van der Waals surface area contributed by atoms with Gasteiger partial charge in [0.25, 0.3) is 0 Å². The van der Waals surface area contributed by atoms with E-state index in [0.717, 1.165) is 12.8 Å². The van der Waals surface area contributed by atoms with Crippen molar-refractivity contribution in [3.05, 3.63) is 25.3 Å². The van der Waals surface area contributed by atoms with Gasteiger partial charge < -0.3 is 24.4 Å². The van der Waals surface area contributed by atoms with E-state index in [1.165, 1.54) is 6.08 Å². The van der Waals surface area contributed by atoms with Crippen LogP contribution in [0.1, 0.15) is 45.4 Å². The molecule has 5 atom stereocenters. The lowest BCUT2D eigenvalue weighted by Crippen LogP contribution is -2.56. The van der Waals surface area contributed by atoms with Crippen molar-refractivity contribution in [3.63, 3.8) is 0 Å². The zero-order valence-electron chi connectivity index (χ0n) is 19.0. The Labute approximate surface area is 190 Å². The number of carbonyl (C=O) groups excluding carboxylic acids is 3. The summed E-state index contributed by atoms with van der Waals surface area (Å²) in [6.45, 7) is 10.8. The van der Waals surface area contributed by atoms with Gasteiger partial charge in [0.2, 0.25) is 11.8 Å². The summed E-state index contributed by atoms with van der Waals surface area (Å²) in [5.41, 5.74) is -1.01. The van der Waals surface area contributed by atoms with Gasteiger partial charge in [-0.3, -0.25) is 14.4 Å². The van der Waals surface area contributed by atoms with Gasteiger partial charge in [-0.1, -0.05) is 32.1 Å². The molecule has 2 amide bonds. The topological polar surface area (TPSA) is 96.4 Å². The van der Waals surface area contributed by atoms with Gasteiger partial charge in [-0.25, -0.2) is 0 Å². The predicted octanol–water partition coefficient (Wildman–Crippen LogP) is 1.68. The third-order valence-electron chi connectivity index (χ3n) is 6.90. The molecule has 2 unspecified atom stereocenters. The molecule has 8 nitrogen and oxygen atoms in total. The van der Waals surface area contributed by atoms with Crippen LogP contribution in [0.3, 0.4) is 0 Å². The second-order valence-electron chi connectivity index (χ2n) is 8.86. The lowest BCUT2D eigenvalue weighted by atomic mass is 9.70. The zero-order valence-corrected chi connectivity index (χ0v) is 19.0. The van der Waals surface area contributed by atoms with Crippen molar-refractivity contribution in [3.8, 4) is 0 Å². The van der Waals surface area contributed by atoms with E-state index in [2.05, 4.69) is 20.1 Å². The van der Waals surface area contributed by atoms with E-state index in [1.54, 1.807) is 15.9 Å². The van der Waals surface area contributed by atoms with Gasteiger partial charge >= 0.3 is 5.97 Å². The van der Waals surface area contributed by atoms with Gasteiger partial charge in [-0.05, 0) is 32.1 Å². The molecule has 0 aromatic rings. The lowest BCUT2D eigenvalue weighted by molar-refractivity contribution is -0.154. The Morgan fingerprint density at radius 1 is 1.31 bits per heavy atom. The first-order chi connectivity index (χ1) is 15.5. The van der Waals surface area contributed by atoms with Crippen LogP contribution in [-0.4, -0.2) is 83.3 Å². The minimum absolute atomic E-state index is 0.0172. The monoisotopic (exact) mass is 448 g/mol. The van der Waals surface area contributed by atoms with Crippen molar-refractivity contribution in [1.82, 2.24) is 9.80 Å². The average Bonchev–Trinajstić information content (AvgIpc) is 3.42. The van der Waals surface area contributed by atoms with Crippen LogP contribution >= 0.6 is 0 Å². The first-order valence-electron chi connectivity index (χ1n) is 11.7. The quantitative estimate of drug-likeness (QED) is 0.262. The van der Waals surface area contributed by atoms with Gasteiger partial charge in [0.15, 0.2) is 0 Å². The molecule has 0 aromatic heterocycles. The largest absolute Gasteiger partial charge is 0.461 e. The smallest absolute Gasteiger partial charge is 0.312 e. The Morgan fingerprint density at radius 2 is 2.09 bits per heavy atom. The highest BCUT2D eigenvalue weighted by Crippen LogP contribution is 2.58. The highest BCUT2D eigenvalue weighted by molar-refractivity contribution is 5.98. The number of ether oxygens (including phenoxy) is 2. The number of esters is 1. The van der Waals surface area contributed by atoms with E-state index in [9.17, 15) is 19.5 Å². The zero-order chi connectivity index (χ0) is 23.3. The van der Waals surface area contributed by atoms with Crippen LogP contribution in [0.15, 0.2) is 25.3 Å². The normalized spacial score (nSPS) is 30.3. The Hall–Kier alpha value is -2.19. The number of fused-ring (bicyclic) bond motifs is 1. The number of unbranched alkanes of at least 4 members (excludes halogenated alkanes) is 2. The Balaban J connectivity index is 1.95. The molecule has 32 heavy (non-hydrogen) atoms. The molecule has 2 bridgehead atoms. The van der Waals surface area contributed by atoms with Crippen LogP contribution in [-0.2, 0) is 23.9 Å². The van der Waals surface area contributed by atoms with E-state index in [1.807, 2.05) is 0 Å². The highest BCUT2D eigenvalue weighted by Gasteiger charge is 2.74. The molecule has 0 saturated carbocycles. The van der Waals surface area contributed by atoms with Crippen LogP contribution < -0.4 is 0 Å². The first-order valence-corrected chi connectivity index (χ1v) is 11.7. The van der Waals surface area contributed by atoms with Gasteiger partial charge in [0.1, 0.15) is 18.2 Å². The second kappa shape index (κ2) is 10.6. The predicted molar refractivity (Wildman–Crippen MR) is 118 cm³/mol. The van der Waals surface area contributed by atoms with Crippen molar-refractivity contribution >= 4 is 17.8 Å². The molecule has 1 spiro atoms. The fourth-order valence-electron chi connectivity index (χ4n) is 5.54. The van der Waals surface area contributed by atoms with E-state index in [4.69, 9.17) is 9.47 Å². The van der Waals surface area contributed by atoms with Crippen LogP contribution in [0.2, 0.25) is 0 Å². The van der Waals surface area contributed by atoms with Gasteiger partial charge in [-0.15, -0.1) is 6.58 Å². The summed E-state index contributed by atoms with van der Waals surface area (Å²) >= 11 is 0. The highest BCUT2D eigenvalue weighted by atomic mass is 16.6. The summed E-state index contributed by atoms with van der Waals surface area (Å²) in [7, 11) is 0. The summed E-state index contributed by atoms with van der Waals surface area (Å²) in [4.78, 5) is 43.6. The second-order valence-corrected chi connectivity index (χ2v) is 8.86. The van der Waals surface area contributed by atoms with Crippen molar-refractivity contribution in [1.29, 1.82) is 0 Å². The van der Waals surface area contributed by atoms with Gasteiger partial charge in [-0.2, -0.15) is 0 Å². The van der Waals surface area contributed by atoms with Crippen molar-refractivity contribution in [2.75, 3.05) is 32.8 Å². The number of aliphatic hydroxyl groups is 1. The van der Waals surface area contributed by atoms with E-state index < -0.39 is 35.6 Å². The molecule has 178 valence electrons. The molecule has 8 heteroatoms. The number of amides is 2. The Kier molecular flexibility index (Phi) is 8.11. The van der Waals surface area contributed by atoms with Gasteiger partial charge in [0.05, 0.1) is 17.9 Å². The van der Waals surface area contributed by atoms with Crippen LogP contribution in [0.5, 0.6) is 0 Å². The summed E-state index contributed by atoms with van der Waals surface area (Å²) in [5.74, 6) is -2.28. The van der Waals surface area contributed by atoms with E-state index in [0.29, 0.717) is 45.3 Å². The Bertz CT molecular complexity index is 740. The molecule has 3 aliphatic heterocycles. The van der Waals surface area contributed by atoms with Crippen LogP contribution in [0.4, 0.5) is 0 Å². The molecule has 3 aliphatic rings. The average molecular weight is 449 g/mol. The molecule has 0 aromatic carbocycles. The first kappa shape index (κ1) is 24.5. The molecular formula is C24H36N2O6. The van der Waals surface area contributed by atoms with Crippen molar-refractivity contribution in [2.45, 2.75) is 63.2 Å². The molecule has 1 N–H and O–H groups in total. The van der Waals surface area contributed by atoms with Crippen molar-refractivity contribution < 1.29 is 29.0 Å². The maximum atomic E-state index is 13.8. The molecule has 3 fully saturated rings. The van der Waals surface area contributed by atoms with Crippen LogP contribution in [0, 0.1) is 11.8 Å². The van der Waals surface area contributed by atoms with E-state index in [-0.39, 0.29) is 25.0 Å².